The molecule has 0 aromatic carbocycles. The van der Waals surface area contributed by atoms with E-state index in [-0.39, 0.29) is 19.6 Å². The second-order valence-electron chi connectivity index (χ2n) is 18.7. The smallest absolute Gasteiger partial charge is 0.306 e. The average Bonchev–Trinajstić information content (AvgIpc) is 3.36. The van der Waals surface area contributed by atoms with Gasteiger partial charge in [-0.05, 0) is 77.0 Å². The zero-order chi connectivity index (χ0) is 50.9. The molecule has 14 heteroatoms. The largest absolute Gasteiger partial charge is 0.457 e. The number of carbonyl (C=O) groups excluding carboxylic acids is 1. The molecule has 2 aliphatic heterocycles. The van der Waals surface area contributed by atoms with E-state index in [0.29, 0.717) is 13.0 Å². The molecule has 0 aliphatic carbocycles. The molecule has 2 aliphatic rings. The lowest BCUT2D eigenvalue weighted by atomic mass is 9.98. The maximum absolute atomic E-state index is 13.0. The Morgan fingerprint density at radius 1 is 0.486 bits per heavy atom. The van der Waals surface area contributed by atoms with Crippen LogP contribution < -0.4 is 0 Å². The zero-order valence-corrected chi connectivity index (χ0v) is 43.0. The Morgan fingerprint density at radius 2 is 0.929 bits per heavy atom. The molecule has 11 atom stereocenters. The summed E-state index contributed by atoms with van der Waals surface area (Å²) in [6.45, 7) is 3.49. The Bertz CT molecular complexity index is 1430. The highest BCUT2D eigenvalue weighted by Gasteiger charge is 2.47. The minimum Gasteiger partial charge on any atom is -0.457 e. The summed E-state index contributed by atoms with van der Waals surface area (Å²) in [6.07, 6.45) is 36.7. The van der Waals surface area contributed by atoms with Gasteiger partial charge < -0.3 is 64.2 Å². The third-order valence-corrected chi connectivity index (χ3v) is 12.4. The van der Waals surface area contributed by atoms with Crippen LogP contribution >= 0.6 is 0 Å². The third kappa shape index (κ3) is 29.8. The maximum Gasteiger partial charge on any atom is 0.306 e. The Kier molecular flexibility index (Phi) is 38.9. The number of hydrogen-bond acceptors (Lipinski definition) is 14. The van der Waals surface area contributed by atoms with Crippen molar-refractivity contribution >= 4 is 5.97 Å². The summed E-state index contributed by atoms with van der Waals surface area (Å²) in [4.78, 5) is 13.0. The third-order valence-electron chi connectivity index (χ3n) is 12.4. The van der Waals surface area contributed by atoms with Crippen LogP contribution in [0.3, 0.4) is 0 Å². The molecule has 2 heterocycles. The summed E-state index contributed by atoms with van der Waals surface area (Å²) in [7, 11) is 0. The van der Waals surface area contributed by atoms with E-state index < -0.39 is 86.7 Å². The van der Waals surface area contributed by atoms with Gasteiger partial charge in [0.1, 0.15) is 54.9 Å². The van der Waals surface area contributed by atoms with Gasteiger partial charge in [0.2, 0.25) is 0 Å². The number of aliphatic hydroxyl groups is 7. The first-order valence-corrected chi connectivity index (χ1v) is 27.0. The highest BCUT2D eigenvalue weighted by atomic mass is 16.7. The van der Waals surface area contributed by atoms with Gasteiger partial charge in [0.25, 0.3) is 0 Å². The van der Waals surface area contributed by atoms with Crippen molar-refractivity contribution in [1.82, 2.24) is 0 Å². The van der Waals surface area contributed by atoms with Crippen molar-refractivity contribution in [2.45, 2.75) is 242 Å². The SMILES string of the molecule is CC/C=C\C/C=C\C/C=C\C/C=C\CCCCCCCCCCCOCC(COC1OC(COC2OC(CO)C(O)C(O)C2O)C(O)C(O)C1O)OC(=O)CCCCCCC/C=C\C/C=C\CCCC. The molecule has 2 rings (SSSR count). The fraction of sp³-hybridized carbons (Fsp3) is 0.768. The number of rotatable bonds is 42. The van der Waals surface area contributed by atoms with Crippen molar-refractivity contribution in [3.63, 3.8) is 0 Å². The van der Waals surface area contributed by atoms with Gasteiger partial charge in [0.15, 0.2) is 12.6 Å². The van der Waals surface area contributed by atoms with Gasteiger partial charge in [-0.3, -0.25) is 4.79 Å². The van der Waals surface area contributed by atoms with E-state index in [9.17, 15) is 40.5 Å². The highest BCUT2D eigenvalue weighted by molar-refractivity contribution is 5.69. The molecule has 11 unspecified atom stereocenters. The first kappa shape index (κ1) is 63.5. The predicted molar refractivity (Wildman–Crippen MR) is 275 cm³/mol. The van der Waals surface area contributed by atoms with Crippen molar-refractivity contribution < 1.29 is 69.0 Å². The van der Waals surface area contributed by atoms with Gasteiger partial charge in [-0.25, -0.2) is 0 Å². The lowest BCUT2D eigenvalue weighted by Gasteiger charge is -2.42. The molecule has 70 heavy (non-hydrogen) atoms. The summed E-state index contributed by atoms with van der Waals surface area (Å²) in [6, 6.07) is 0. The number of carbonyl (C=O) groups is 1. The lowest BCUT2D eigenvalue weighted by molar-refractivity contribution is -0.332. The van der Waals surface area contributed by atoms with Crippen molar-refractivity contribution in [2.75, 3.05) is 33.0 Å². The highest BCUT2D eigenvalue weighted by Crippen LogP contribution is 2.26. The lowest BCUT2D eigenvalue weighted by Crippen LogP contribution is -2.61. The van der Waals surface area contributed by atoms with Gasteiger partial charge in [-0.15, -0.1) is 0 Å². The number of esters is 1. The van der Waals surface area contributed by atoms with Gasteiger partial charge >= 0.3 is 5.97 Å². The number of hydrogen-bond donors (Lipinski definition) is 7. The van der Waals surface area contributed by atoms with E-state index in [1.165, 1.54) is 51.4 Å². The number of ether oxygens (including phenoxy) is 6. The van der Waals surface area contributed by atoms with Crippen molar-refractivity contribution in [1.29, 1.82) is 0 Å². The Labute approximate surface area is 421 Å². The molecular weight excluding hydrogens is 897 g/mol. The van der Waals surface area contributed by atoms with Crippen LogP contribution in [0.2, 0.25) is 0 Å². The zero-order valence-electron chi connectivity index (χ0n) is 43.0. The molecular formula is C56H96O14. The number of unbranched alkanes of at least 4 members (excludes halogenated alkanes) is 16. The molecule has 0 saturated carbocycles. The molecule has 0 radical (unpaired) electrons. The summed E-state index contributed by atoms with van der Waals surface area (Å²) in [5.74, 6) is -0.395. The predicted octanol–water partition coefficient (Wildman–Crippen LogP) is 8.69. The van der Waals surface area contributed by atoms with Crippen LogP contribution in [-0.2, 0) is 33.2 Å². The summed E-state index contributed by atoms with van der Waals surface area (Å²) >= 11 is 0. The fourth-order valence-electron chi connectivity index (χ4n) is 8.06. The van der Waals surface area contributed by atoms with Gasteiger partial charge in [-0.2, -0.15) is 0 Å². The van der Waals surface area contributed by atoms with Gasteiger partial charge in [0.05, 0.1) is 26.4 Å². The quantitative estimate of drug-likeness (QED) is 0.0173. The van der Waals surface area contributed by atoms with Crippen LogP contribution in [0.5, 0.6) is 0 Å². The van der Waals surface area contributed by atoms with Crippen LogP contribution in [-0.4, -0.2) is 142 Å². The Hall–Kier alpha value is -2.57. The van der Waals surface area contributed by atoms with E-state index in [4.69, 9.17) is 28.4 Å². The van der Waals surface area contributed by atoms with Crippen molar-refractivity contribution in [3.05, 3.63) is 72.9 Å². The Balaban J connectivity index is 1.74. The first-order chi connectivity index (χ1) is 34.1. The fourth-order valence-corrected chi connectivity index (χ4v) is 8.06. The van der Waals surface area contributed by atoms with Crippen LogP contribution in [0.25, 0.3) is 0 Å². The van der Waals surface area contributed by atoms with Crippen molar-refractivity contribution in [3.8, 4) is 0 Å². The van der Waals surface area contributed by atoms with Crippen LogP contribution in [0.4, 0.5) is 0 Å². The van der Waals surface area contributed by atoms with E-state index in [1.54, 1.807) is 0 Å². The van der Waals surface area contributed by atoms with Gasteiger partial charge in [0, 0.05) is 13.0 Å². The molecule has 14 nitrogen and oxygen atoms in total. The van der Waals surface area contributed by atoms with E-state index in [1.807, 2.05) is 0 Å². The van der Waals surface area contributed by atoms with E-state index in [0.717, 1.165) is 96.3 Å². The molecule has 2 saturated heterocycles. The second kappa shape index (κ2) is 42.9. The Morgan fingerprint density at radius 3 is 1.46 bits per heavy atom. The van der Waals surface area contributed by atoms with Crippen LogP contribution in [0.1, 0.15) is 174 Å². The monoisotopic (exact) mass is 993 g/mol. The molecule has 0 aromatic rings. The second-order valence-corrected chi connectivity index (χ2v) is 18.7. The standard InChI is InChI=1S/C56H96O14/c1-3-5-7-9-11-13-15-17-19-20-21-22-23-24-25-26-28-30-32-34-36-38-40-65-42-45(68-48(58)39-37-35-33-31-29-27-18-16-14-12-10-8-6-4-2)43-66-55-54(64)52(62)50(60)47(70-55)44-67-56-53(63)51(61)49(59)46(41-57)69-56/h5,7,10-13,16-19,21-22,45-47,49-57,59-64H,3-4,6,8-9,14-15,20,23-44H2,1-2H3/b7-5-,12-10-,13-11-,18-16-,19-17-,22-21-. The van der Waals surface area contributed by atoms with Crippen LogP contribution in [0.15, 0.2) is 72.9 Å². The average molecular weight is 993 g/mol. The van der Waals surface area contributed by atoms with Crippen LogP contribution in [0, 0.1) is 0 Å². The summed E-state index contributed by atoms with van der Waals surface area (Å²) < 4.78 is 34.3. The normalized spacial score (nSPS) is 26.1. The van der Waals surface area contributed by atoms with E-state index in [2.05, 4.69) is 86.8 Å². The maximum atomic E-state index is 13.0. The number of aliphatic hydroxyl groups excluding tert-OH is 7. The topological polar surface area (TPSA) is 214 Å². The molecule has 404 valence electrons. The molecule has 0 bridgehead atoms. The van der Waals surface area contributed by atoms with E-state index >= 15 is 0 Å². The molecule has 7 N–H and O–H groups in total. The summed E-state index contributed by atoms with van der Waals surface area (Å²) in [5.41, 5.74) is 0. The minimum atomic E-state index is -1.71. The van der Waals surface area contributed by atoms with Crippen molar-refractivity contribution in [2.24, 2.45) is 0 Å². The number of allylic oxidation sites excluding steroid dienone is 12. The minimum absolute atomic E-state index is 0.0480. The van der Waals surface area contributed by atoms with Gasteiger partial charge in [-0.1, -0.05) is 164 Å². The summed E-state index contributed by atoms with van der Waals surface area (Å²) in [5, 5.41) is 72.2. The molecule has 0 amide bonds. The molecule has 0 aromatic heterocycles. The molecule has 2 fully saturated rings. The first-order valence-electron chi connectivity index (χ1n) is 27.0. The molecule has 0 spiro atoms.